The summed E-state index contributed by atoms with van der Waals surface area (Å²) in [4.78, 5) is 35.6. The van der Waals surface area contributed by atoms with E-state index in [9.17, 15) is 9.59 Å². The van der Waals surface area contributed by atoms with Crippen molar-refractivity contribution < 1.29 is 14.3 Å². The Kier molecular flexibility index (Phi) is 5.08. The van der Waals surface area contributed by atoms with Crippen molar-refractivity contribution in [2.75, 3.05) is 36.4 Å². The third-order valence-corrected chi connectivity index (χ3v) is 3.75. The number of hydrogen-bond acceptors (Lipinski definition) is 6. The quantitative estimate of drug-likeness (QED) is 0.676. The van der Waals surface area contributed by atoms with E-state index in [2.05, 4.69) is 15.3 Å². The minimum atomic E-state index is -0.400. The molecule has 1 aromatic carbocycles. The molecule has 2 amide bonds. The Hall–Kier alpha value is -3.16. The highest BCUT2D eigenvalue weighted by molar-refractivity contribution is 5.89. The Morgan fingerprint density at radius 1 is 1.08 bits per heavy atom. The highest BCUT2D eigenvalue weighted by Crippen LogP contribution is 2.18. The summed E-state index contributed by atoms with van der Waals surface area (Å²) in [5.74, 6) is 0.677. The fourth-order valence-corrected chi connectivity index (χ4v) is 2.57. The maximum atomic E-state index is 12.4. The number of carbonyl (C=O) groups is 2. The van der Waals surface area contributed by atoms with Crippen molar-refractivity contribution in [1.82, 2.24) is 14.9 Å². The van der Waals surface area contributed by atoms with Gasteiger partial charge in [0, 0.05) is 57.3 Å². The predicted molar refractivity (Wildman–Crippen MR) is 92.6 cm³/mol. The molecule has 0 atom stereocenters. The van der Waals surface area contributed by atoms with E-state index in [-0.39, 0.29) is 6.03 Å². The molecule has 1 aliphatic rings. The van der Waals surface area contributed by atoms with Gasteiger partial charge in [-0.15, -0.1) is 0 Å². The van der Waals surface area contributed by atoms with E-state index < -0.39 is 5.97 Å². The van der Waals surface area contributed by atoms with Crippen molar-refractivity contribution in [3.63, 3.8) is 0 Å². The molecule has 0 unspecified atom stereocenters. The number of hydrogen-bond donors (Lipinski definition) is 1. The number of nitrogens with one attached hydrogen (secondary N) is 1. The first kappa shape index (κ1) is 16.7. The van der Waals surface area contributed by atoms with Crippen LogP contribution in [0.1, 0.15) is 6.92 Å². The third kappa shape index (κ3) is 4.43. The Labute approximate surface area is 145 Å². The van der Waals surface area contributed by atoms with Gasteiger partial charge in [0.05, 0.1) is 0 Å². The zero-order chi connectivity index (χ0) is 17.6. The number of piperazine rings is 1. The Balaban J connectivity index is 1.55. The molecule has 0 bridgehead atoms. The third-order valence-electron chi connectivity index (χ3n) is 3.75. The summed E-state index contributed by atoms with van der Waals surface area (Å²) in [6, 6.07) is 8.34. The molecule has 8 heteroatoms. The number of urea groups is 1. The predicted octanol–water partition coefficient (Wildman–Crippen LogP) is 1.76. The maximum absolute atomic E-state index is 12.4. The Morgan fingerprint density at radius 3 is 2.48 bits per heavy atom. The van der Waals surface area contributed by atoms with Crippen LogP contribution in [0.4, 0.5) is 16.4 Å². The van der Waals surface area contributed by atoms with Gasteiger partial charge in [0.15, 0.2) is 0 Å². The smallest absolute Gasteiger partial charge is 0.321 e. The molecule has 1 aromatic heterocycles. The minimum Gasteiger partial charge on any atom is -0.427 e. The number of amides is 2. The van der Waals surface area contributed by atoms with E-state index in [4.69, 9.17) is 4.74 Å². The van der Waals surface area contributed by atoms with Crippen LogP contribution in [0.3, 0.4) is 0 Å². The van der Waals surface area contributed by atoms with E-state index >= 15 is 0 Å². The molecule has 130 valence electrons. The van der Waals surface area contributed by atoms with Crippen molar-refractivity contribution in [2.45, 2.75) is 6.92 Å². The molecule has 2 heterocycles. The van der Waals surface area contributed by atoms with Crippen LogP contribution < -0.4 is 15.0 Å². The fourth-order valence-electron chi connectivity index (χ4n) is 2.57. The number of esters is 1. The molecule has 1 saturated heterocycles. The van der Waals surface area contributed by atoms with Gasteiger partial charge >= 0.3 is 12.0 Å². The van der Waals surface area contributed by atoms with Crippen molar-refractivity contribution >= 4 is 23.6 Å². The summed E-state index contributed by atoms with van der Waals surface area (Å²) in [5.41, 5.74) is 0.581. The normalized spacial score (nSPS) is 14.1. The summed E-state index contributed by atoms with van der Waals surface area (Å²) in [6.07, 6.45) is 3.41. The van der Waals surface area contributed by atoms with Gasteiger partial charge in [-0.3, -0.25) is 4.79 Å². The van der Waals surface area contributed by atoms with Gasteiger partial charge in [0.25, 0.3) is 0 Å². The van der Waals surface area contributed by atoms with E-state index in [0.717, 1.165) is 0 Å². The van der Waals surface area contributed by atoms with E-state index in [1.807, 2.05) is 4.90 Å². The van der Waals surface area contributed by atoms with Crippen LogP contribution in [0.2, 0.25) is 0 Å². The second-order valence-corrected chi connectivity index (χ2v) is 5.57. The number of nitrogens with zero attached hydrogens (tertiary/aromatic N) is 4. The first-order valence-electron chi connectivity index (χ1n) is 7.98. The second kappa shape index (κ2) is 7.61. The minimum absolute atomic E-state index is 0.186. The zero-order valence-electron chi connectivity index (χ0n) is 13.9. The zero-order valence-corrected chi connectivity index (χ0v) is 13.9. The molecule has 2 aromatic rings. The van der Waals surface area contributed by atoms with Crippen LogP contribution in [-0.4, -0.2) is 53.0 Å². The number of ether oxygens (including phenoxy) is 1. The summed E-state index contributed by atoms with van der Waals surface area (Å²) in [6.45, 7) is 3.83. The molecule has 0 saturated carbocycles. The molecule has 0 aliphatic carbocycles. The molecule has 1 fully saturated rings. The van der Waals surface area contributed by atoms with Crippen LogP contribution in [0.15, 0.2) is 42.7 Å². The average molecular weight is 341 g/mol. The molecule has 8 nitrogen and oxygen atoms in total. The van der Waals surface area contributed by atoms with Crippen LogP contribution in [-0.2, 0) is 4.79 Å². The molecule has 0 radical (unpaired) electrons. The number of aromatic nitrogens is 2. The molecular weight excluding hydrogens is 322 g/mol. The number of benzene rings is 1. The summed E-state index contributed by atoms with van der Waals surface area (Å²) in [7, 11) is 0. The van der Waals surface area contributed by atoms with Crippen LogP contribution in [0.5, 0.6) is 5.75 Å². The van der Waals surface area contributed by atoms with Gasteiger partial charge in [-0.1, -0.05) is 6.07 Å². The Bertz CT molecular complexity index is 745. The van der Waals surface area contributed by atoms with Gasteiger partial charge in [0.1, 0.15) is 5.75 Å². The second-order valence-electron chi connectivity index (χ2n) is 5.57. The summed E-state index contributed by atoms with van der Waals surface area (Å²) < 4.78 is 5.02. The van der Waals surface area contributed by atoms with Gasteiger partial charge in [0.2, 0.25) is 5.95 Å². The SMILES string of the molecule is CC(=O)Oc1cccc(NC(=O)N2CCN(c3ncccn3)CC2)c1. The first-order chi connectivity index (χ1) is 12.1. The van der Waals surface area contributed by atoms with E-state index in [0.29, 0.717) is 43.6 Å². The molecule has 3 rings (SSSR count). The van der Waals surface area contributed by atoms with Crippen molar-refractivity contribution in [2.24, 2.45) is 0 Å². The molecule has 0 spiro atoms. The summed E-state index contributed by atoms with van der Waals surface area (Å²) in [5, 5.41) is 2.83. The highest BCUT2D eigenvalue weighted by Gasteiger charge is 2.22. The number of anilines is 2. The van der Waals surface area contributed by atoms with E-state index in [1.54, 1.807) is 47.6 Å². The van der Waals surface area contributed by atoms with E-state index in [1.165, 1.54) is 6.92 Å². The lowest BCUT2D eigenvalue weighted by molar-refractivity contribution is -0.131. The standard InChI is InChI=1S/C17H19N5O3/c1-13(23)25-15-5-2-4-14(12-15)20-17(24)22-10-8-21(9-11-22)16-18-6-3-7-19-16/h2-7,12H,8-11H2,1H3,(H,20,24). The molecule has 1 N–H and O–H groups in total. The topological polar surface area (TPSA) is 87.7 Å². The summed E-state index contributed by atoms with van der Waals surface area (Å²) >= 11 is 0. The number of rotatable bonds is 3. The van der Waals surface area contributed by atoms with Gasteiger partial charge in [-0.25, -0.2) is 14.8 Å². The van der Waals surface area contributed by atoms with Crippen LogP contribution in [0.25, 0.3) is 0 Å². The molecule has 1 aliphatic heterocycles. The van der Waals surface area contributed by atoms with Crippen LogP contribution >= 0.6 is 0 Å². The first-order valence-corrected chi connectivity index (χ1v) is 7.98. The lowest BCUT2D eigenvalue weighted by atomic mass is 10.3. The van der Waals surface area contributed by atoms with Crippen molar-refractivity contribution in [1.29, 1.82) is 0 Å². The van der Waals surface area contributed by atoms with Crippen molar-refractivity contribution in [3.8, 4) is 5.75 Å². The molecular formula is C17H19N5O3. The van der Waals surface area contributed by atoms with Gasteiger partial charge < -0.3 is 19.9 Å². The van der Waals surface area contributed by atoms with Gasteiger partial charge in [-0.2, -0.15) is 0 Å². The highest BCUT2D eigenvalue weighted by atomic mass is 16.5. The largest absolute Gasteiger partial charge is 0.427 e. The number of carbonyl (C=O) groups excluding carboxylic acids is 2. The van der Waals surface area contributed by atoms with Crippen molar-refractivity contribution in [3.05, 3.63) is 42.7 Å². The maximum Gasteiger partial charge on any atom is 0.321 e. The lowest BCUT2D eigenvalue weighted by Gasteiger charge is -2.34. The van der Waals surface area contributed by atoms with Crippen LogP contribution in [0, 0.1) is 0 Å². The fraction of sp³-hybridized carbons (Fsp3) is 0.294. The van der Waals surface area contributed by atoms with Gasteiger partial charge in [-0.05, 0) is 18.2 Å². The monoisotopic (exact) mass is 341 g/mol. The Morgan fingerprint density at radius 2 is 1.80 bits per heavy atom. The molecule has 25 heavy (non-hydrogen) atoms. The average Bonchev–Trinajstić information content (AvgIpc) is 2.62. The lowest BCUT2D eigenvalue weighted by Crippen LogP contribution is -2.50.